The maximum atomic E-state index is 13.1. The molecule has 4 rings (SSSR count). The molecule has 2 aliphatic carbocycles. The molecule has 1 aliphatic heterocycles. The highest BCUT2D eigenvalue weighted by atomic mass is 19.4. The lowest BCUT2D eigenvalue weighted by Crippen LogP contribution is -2.56. The average molecular weight is 508 g/mol. The highest BCUT2D eigenvalue weighted by Gasteiger charge is 2.52. The summed E-state index contributed by atoms with van der Waals surface area (Å²) in [5.41, 5.74) is 0.358. The summed E-state index contributed by atoms with van der Waals surface area (Å²) in [5.74, 6) is 0.703. The van der Waals surface area contributed by atoms with Crippen LogP contribution < -0.4 is 0 Å². The van der Waals surface area contributed by atoms with Gasteiger partial charge in [0.05, 0.1) is 11.2 Å². The van der Waals surface area contributed by atoms with Crippen molar-refractivity contribution in [3.05, 3.63) is 47.0 Å². The van der Waals surface area contributed by atoms with Crippen LogP contribution in [0, 0.1) is 23.7 Å². The van der Waals surface area contributed by atoms with Crippen LogP contribution in [0.3, 0.4) is 0 Å². The Balaban J connectivity index is 1.39. The van der Waals surface area contributed by atoms with Gasteiger partial charge in [-0.25, -0.2) is 0 Å². The molecule has 1 N–H and O–H groups in total. The third-order valence-electron chi connectivity index (χ3n) is 9.15. The van der Waals surface area contributed by atoms with Gasteiger partial charge in [-0.2, -0.15) is 13.2 Å². The monoisotopic (exact) mass is 507 g/mol. The van der Waals surface area contributed by atoms with Crippen molar-refractivity contribution in [3.63, 3.8) is 0 Å². The van der Waals surface area contributed by atoms with E-state index in [1.54, 1.807) is 0 Å². The summed E-state index contributed by atoms with van der Waals surface area (Å²) in [5, 5.41) is 11.8. The van der Waals surface area contributed by atoms with Crippen molar-refractivity contribution in [2.75, 3.05) is 19.6 Å². The number of nitrogens with zero attached hydrogens (tertiary/aromatic N) is 1. The molecule has 1 saturated carbocycles. The van der Waals surface area contributed by atoms with Gasteiger partial charge in [0.25, 0.3) is 0 Å². The second-order valence-electron chi connectivity index (χ2n) is 11.5. The number of hydrogen-bond donors (Lipinski definition) is 1. The third kappa shape index (κ3) is 5.67. The summed E-state index contributed by atoms with van der Waals surface area (Å²) in [4.78, 5) is 14.0. The summed E-state index contributed by atoms with van der Waals surface area (Å²) in [6, 6.07) is 5.79. The predicted octanol–water partition coefficient (Wildman–Crippen LogP) is 6.20. The maximum absolute atomic E-state index is 13.1. The lowest BCUT2D eigenvalue weighted by Gasteiger charge is -2.53. The molecule has 0 bridgehead atoms. The normalized spacial score (nSPS) is 32.9. The highest BCUT2D eigenvalue weighted by Crippen LogP contribution is 2.51. The number of aliphatic hydroxyl groups is 1. The molecule has 1 saturated heterocycles. The molecule has 0 unspecified atom stereocenters. The topological polar surface area (TPSA) is 49.8 Å². The van der Waals surface area contributed by atoms with Crippen LogP contribution in [0.1, 0.15) is 76.8 Å². The van der Waals surface area contributed by atoms with Gasteiger partial charge in [-0.1, -0.05) is 38.1 Å². The first kappa shape index (κ1) is 27.2. The van der Waals surface area contributed by atoms with E-state index in [0.29, 0.717) is 18.3 Å². The van der Waals surface area contributed by atoms with E-state index >= 15 is 0 Å². The first-order valence-electron chi connectivity index (χ1n) is 13.4. The second-order valence-corrected chi connectivity index (χ2v) is 11.5. The smallest absolute Gasteiger partial charge is 0.416 e. The van der Waals surface area contributed by atoms with Gasteiger partial charge in [-0.3, -0.25) is 4.79 Å². The van der Waals surface area contributed by atoms with Crippen molar-refractivity contribution in [2.24, 2.45) is 23.7 Å². The predicted molar refractivity (Wildman–Crippen MR) is 133 cm³/mol. The molecule has 1 aromatic carbocycles. The molecule has 0 amide bonds. The lowest BCUT2D eigenvalue weighted by molar-refractivity contribution is -0.159. The first-order chi connectivity index (χ1) is 16.9. The van der Waals surface area contributed by atoms with Crippen molar-refractivity contribution in [1.82, 2.24) is 4.90 Å². The molecule has 200 valence electrons. The summed E-state index contributed by atoms with van der Waals surface area (Å²) in [7, 11) is 0. The molecule has 6 atom stereocenters. The molecule has 2 fully saturated rings. The summed E-state index contributed by atoms with van der Waals surface area (Å²) < 4.78 is 44.9. The minimum absolute atomic E-state index is 0.0331. The summed E-state index contributed by atoms with van der Waals surface area (Å²) >= 11 is 0. The number of alkyl halides is 3. The van der Waals surface area contributed by atoms with Gasteiger partial charge < -0.3 is 14.7 Å². The van der Waals surface area contributed by atoms with E-state index in [1.165, 1.54) is 19.1 Å². The number of halogens is 3. The van der Waals surface area contributed by atoms with Gasteiger partial charge >= 0.3 is 12.1 Å². The fourth-order valence-electron chi connectivity index (χ4n) is 6.96. The van der Waals surface area contributed by atoms with E-state index in [0.717, 1.165) is 62.5 Å². The minimum atomic E-state index is -4.31. The standard InChI is InChI=1S/C29H40F3NO3/c1-18-14-26-25(9-8-20(3)28(26,35)16-27(18)36-21(4)34)19(2)17-33-12-10-22(11-13-33)23-6-5-7-24(15-23)29(30,31)32/h5-7,14-15,19-20,22,25-27,35H,8-13,16-17H2,1-4H3/t19-,20-,25+,26-,27-,28-/m1/s1. The number of carbonyl (C=O) groups excluding carboxylic acids is 1. The number of piperidine rings is 1. The van der Waals surface area contributed by atoms with Crippen molar-refractivity contribution in [2.45, 2.75) is 83.6 Å². The first-order valence-corrected chi connectivity index (χ1v) is 13.4. The van der Waals surface area contributed by atoms with Crippen molar-refractivity contribution in [1.29, 1.82) is 0 Å². The number of likely N-dealkylation sites (tertiary alicyclic amines) is 1. The molecular formula is C29H40F3NO3. The molecular weight excluding hydrogens is 467 g/mol. The lowest BCUT2D eigenvalue weighted by atomic mass is 9.57. The van der Waals surface area contributed by atoms with Crippen LogP contribution in [0.5, 0.6) is 0 Å². The Morgan fingerprint density at radius 2 is 1.92 bits per heavy atom. The Kier molecular flexibility index (Phi) is 7.92. The van der Waals surface area contributed by atoms with Crippen LogP contribution in [-0.2, 0) is 15.7 Å². The SMILES string of the molecule is CC(=O)O[C@@H]1C[C@@]2(O)[C@H](C)CC[C@@H]([C@H](C)CN3CCC(c4cccc(C(F)(F)F)c4)CC3)[C@H]2C=C1C. The molecule has 0 radical (unpaired) electrons. The van der Waals surface area contributed by atoms with E-state index in [2.05, 4.69) is 24.8 Å². The second kappa shape index (κ2) is 10.5. The van der Waals surface area contributed by atoms with Gasteiger partial charge in [-0.05, 0) is 86.6 Å². The molecule has 4 nitrogen and oxygen atoms in total. The molecule has 36 heavy (non-hydrogen) atoms. The molecule has 1 heterocycles. The van der Waals surface area contributed by atoms with Gasteiger partial charge in [0.1, 0.15) is 6.10 Å². The zero-order valence-electron chi connectivity index (χ0n) is 21.9. The van der Waals surface area contributed by atoms with Crippen LogP contribution in [0.15, 0.2) is 35.9 Å². The number of fused-ring (bicyclic) bond motifs is 1. The number of rotatable bonds is 5. The van der Waals surface area contributed by atoms with E-state index in [1.807, 2.05) is 13.0 Å². The van der Waals surface area contributed by atoms with Gasteiger partial charge in [0.15, 0.2) is 0 Å². The van der Waals surface area contributed by atoms with E-state index < -0.39 is 17.3 Å². The molecule has 0 spiro atoms. The number of benzene rings is 1. The average Bonchev–Trinajstić information content (AvgIpc) is 2.81. The molecule has 0 aromatic heterocycles. The van der Waals surface area contributed by atoms with E-state index in [-0.39, 0.29) is 29.8 Å². The quantitative estimate of drug-likeness (QED) is 0.381. The summed E-state index contributed by atoms with van der Waals surface area (Å²) in [6.07, 6.45) is 1.64. The molecule has 1 aromatic rings. The third-order valence-corrected chi connectivity index (χ3v) is 9.15. The molecule has 3 aliphatic rings. The highest BCUT2D eigenvalue weighted by molar-refractivity contribution is 5.66. The Morgan fingerprint density at radius 3 is 2.56 bits per heavy atom. The Bertz CT molecular complexity index is 969. The number of ether oxygens (including phenoxy) is 1. The number of hydrogen-bond acceptors (Lipinski definition) is 4. The van der Waals surface area contributed by atoms with Gasteiger partial charge in [-0.15, -0.1) is 0 Å². The van der Waals surface area contributed by atoms with Crippen LogP contribution >= 0.6 is 0 Å². The zero-order valence-corrected chi connectivity index (χ0v) is 21.9. The van der Waals surface area contributed by atoms with Crippen LogP contribution in [0.4, 0.5) is 13.2 Å². The van der Waals surface area contributed by atoms with Gasteiger partial charge in [0, 0.05) is 25.8 Å². The zero-order chi connectivity index (χ0) is 26.3. The van der Waals surface area contributed by atoms with E-state index in [4.69, 9.17) is 4.74 Å². The number of carbonyl (C=O) groups is 1. The largest absolute Gasteiger partial charge is 0.458 e. The van der Waals surface area contributed by atoms with Crippen molar-refractivity contribution >= 4 is 5.97 Å². The Labute approximate surface area is 212 Å². The van der Waals surface area contributed by atoms with Crippen LogP contribution in [-0.4, -0.2) is 47.3 Å². The van der Waals surface area contributed by atoms with Gasteiger partial charge in [0.2, 0.25) is 0 Å². The molecule has 7 heteroatoms. The van der Waals surface area contributed by atoms with Crippen molar-refractivity contribution < 1.29 is 27.8 Å². The van der Waals surface area contributed by atoms with Crippen LogP contribution in [0.2, 0.25) is 0 Å². The minimum Gasteiger partial charge on any atom is -0.458 e. The Morgan fingerprint density at radius 1 is 1.22 bits per heavy atom. The van der Waals surface area contributed by atoms with Crippen molar-refractivity contribution in [3.8, 4) is 0 Å². The summed E-state index contributed by atoms with van der Waals surface area (Å²) in [6.45, 7) is 10.4. The maximum Gasteiger partial charge on any atom is 0.416 e. The van der Waals surface area contributed by atoms with Crippen LogP contribution in [0.25, 0.3) is 0 Å². The fraction of sp³-hybridized carbons (Fsp3) is 0.690. The van der Waals surface area contributed by atoms with E-state index in [9.17, 15) is 23.1 Å². The fourth-order valence-corrected chi connectivity index (χ4v) is 6.96. The number of esters is 1. The Hall–Kier alpha value is -1.86.